The van der Waals surface area contributed by atoms with Gasteiger partial charge >= 0.3 is 12.5 Å². The Labute approximate surface area is 153 Å². The van der Waals surface area contributed by atoms with Crippen molar-refractivity contribution in [3.8, 4) is 17.1 Å². The molecule has 0 aliphatic heterocycles. The van der Waals surface area contributed by atoms with Gasteiger partial charge in [-0.1, -0.05) is 29.4 Å². The molecule has 1 N–H and O–H groups in total. The minimum absolute atomic E-state index is 0.0247. The Morgan fingerprint density at radius 2 is 1.61 bits per heavy atom. The molecule has 0 saturated heterocycles. The Bertz CT molecular complexity index is 935. The Balaban J connectivity index is 1.69. The number of halogens is 6. The number of anilines is 1. The summed E-state index contributed by atoms with van der Waals surface area (Å²) in [5.74, 6) is -0.362. The molecule has 5 nitrogen and oxygen atoms in total. The standard InChI is InChI=1S/C17H11F6N3O2/c18-16(19,20)11-7-5-10(6-8-11)15-25-14(28-26-15)9-24-12-3-1-2-4-13(12)27-17(21,22)23/h1-8,24H,9H2. The lowest BCUT2D eigenvalue weighted by Gasteiger charge is -2.13. The summed E-state index contributed by atoms with van der Waals surface area (Å²) in [5.41, 5.74) is -0.471. The molecule has 148 valence electrons. The molecule has 2 aromatic carbocycles. The molecule has 1 aromatic heterocycles. The third-order valence-corrected chi connectivity index (χ3v) is 3.48. The van der Waals surface area contributed by atoms with Crippen molar-refractivity contribution >= 4 is 5.69 Å². The first-order valence-electron chi connectivity index (χ1n) is 7.71. The van der Waals surface area contributed by atoms with Crippen molar-refractivity contribution in [2.24, 2.45) is 0 Å². The van der Waals surface area contributed by atoms with Gasteiger partial charge in [0.05, 0.1) is 17.8 Å². The van der Waals surface area contributed by atoms with E-state index in [-0.39, 0.29) is 23.9 Å². The highest BCUT2D eigenvalue weighted by Crippen LogP contribution is 2.31. The summed E-state index contributed by atoms with van der Waals surface area (Å²) in [7, 11) is 0. The van der Waals surface area contributed by atoms with E-state index in [1.54, 1.807) is 0 Å². The number of nitrogens with one attached hydrogen (secondary N) is 1. The zero-order valence-electron chi connectivity index (χ0n) is 13.8. The first-order chi connectivity index (χ1) is 13.1. The van der Waals surface area contributed by atoms with Crippen LogP contribution < -0.4 is 10.1 Å². The second-order valence-electron chi connectivity index (χ2n) is 5.48. The highest BCUT2D eigenvalue weighted by molar-refractivity contribution is 5.57. The predicted molar refractivity (Wildman–Crippen MR) is 85.2 cm³/mol. The van der Waals surface area contributed by atoms with E-state index in [4.69, 9.17) is 4.52 Å². The highest BCUT2D eigenvalue weighted by atomic mass is 19.4. The number of rotatable bonds is 5. The smallest absolute Gasteiger partial charge is 0.404 e. The third-order valence-electron chi connectivity index (χ3n) is 3.48. The number of alkyl halides is 6. The minimum Gasteiger partial charge on any atom is -0.404 e. The van der Waals surface area contributed by atoms with E-state index in [0.29, 0.717) is 5.56 Å². The fourth-order valence-corrected chi connectivity index (χ4v) is 2.25. The van der Waals surface area contributed by atoms with Crippen LogP contribution in [0.4, 0.5) is 32.0 Å². The molecule has 3 aromatic rings. The average molecular weight is 403 g/mol. The van der Waals surface area contributed by atoms with Gasteiger partial charge in [-0.05, 0) is 24.3 Å². The van der Waals surface area contributed by atoms with Gasteiger partial charge in [0.1, 0.15) is 0 Å². The fourth-order valence-electron chi connectivity index (χ4n) is 2.25. The third kappa shape index (κ3) is 4.93. The van der Waals surface area contributed by atoms with Crippen LogP contribution >= 0.6 is 0 Å². The van der Waals surface area contributed by atoms with Crippen LogP contribution in [0.5, 0.6) is 5.75 Å². The van der Waals surface area contributed by atoms with E-state index >= 15 is 0 Å². The lowest BCUT2D eigenvalue weighted by atomic mass is 10.1. The largest absolute Gasteiger partial charge is 0.573 e. The molecular formula is C17H11F6N3O2. The maximum Gasteiger partial charge on any atom is 0.573 e. The van der Waals surface area contributed by atoms with Crippen molar-refractivity contribution in [1.82, 2.24) is 10.1 Å². The van der Waals surface area contributed by atoms with Crippen LogP contribution in [0.25, 0.3) is 11.4 Å². The van der Waals surface area contributed by atoms with Crippen molar-refractivity contribution in [2.45, 2.75) is 19.1 Å². The molecule has 0 amide bonds. The lowest BCUT2D eigenvalue weighted by molar-refractivity contribution is -0.274. The van der Waals surface area contributed by atoms with E-state index in [1.165, 1.54) is 30.3 Å². The summed E-state index contributed by atoms with van der Waals surface area (Å²) in [5, 5.41) is 6.33. The van der Waals surface area contributed by atoms with Gasteiger partial charge in [-0.3, -0.25) is 0 Å². The maximum absolute atomic E-state index is 12.6. The topological polar surface area (TPSA) is 60.2 Å². The molecule has 0 saturated carbocycles. The zero-order valence-corrected chi connectivity index (χ0v) is 13.8. The SMILES string of the molecule is FC(F)(F)Oc1ccccc1NCc1nc(-c2ccc(C(F)(F)F)cc2)no1. The van der Waals surface area contributed by atoms with Crippen LogP contribution in [0.2, 0.25) is 0 Å². The minimum atomic E-state index is -4.85. The summed E-state index contributed by atoms with van der Waals surface area (Å²) < 4.78 is 83.9. The number of para-hydroxylation sites is 2. The summed E-state index contributed by atoms with van der Waals surface area (Å²) in [4.78, 5) is 4.01. The molecule has 0 aliphatic carbocycles. The van der Waals surface area contributed by atoms with E-state index in [1.807, 2.05) is 0 Å². The van der Waals surface area contributed by atoms with Crippen molar-refractivity contribution < 1.29 is 35.6 Å². The normalized spacial score (nSPS) is 12.1. The van der Waals surface area contributed by atoms with E-state index in [2.05, 4.69) is 20.2 Å². The molecule has 0 radical (unpaired) electrons. The number of nitrogens with zero attached hydrogens (tertiary/aromatic N) is 2. The molecule has 0 aliphatic rings. The number of hydrogen-bond acceptors (Lipinski definition) is 5. The van der Waals surface area contributed by atoms with Gasteiger partial charge in [0.15, 0.2) is 5.75 Å². The Morgan fingerprint density at radius 1 is 0.929 bits per heavy atom. The molecule has 3 rings (SSSR count). The van der Waals surface area contributed by atoms with Gasteiger partial charge in [-0.2, -0.15) is 18.2 Å². The maximum atomic E-state index is 12.6. The van der Waals surface area contributed by atoms with E-state index < -0.39 is 23.9 Å². The Morgan fingerprint density at radius 3 is 2.25 bits per heavy atom. The first-order valence-corrected chi connectivity index (χ1v) is 7.71. The van der Waals surface area contributed by atoms with Crippen molar-refractivity contribution in [2.75, 3.05) is 5.32 Å². The molecule has 1 heterocycles. The Kier molecular flexibility index (Phi) is 5.16. The van der Waals surface area contributed by atoms with Crippen molar-refractivity contribution in [3.05, 3.63) is 60.0 Å². The molecule has 0 bridgehead atoms. The number of hydrogen-bond donors (Lipinski definition) is 1. The van der Waals surface area contributed by atoms with Crippen LogP contribution in [0.3, 0.4) is 0 Å². The first kappa shape index (κ1) is 19.5. The molecule has 11 heteroatoms. The van der Waals surface area contributed by atoms with Crippen molar-refractivity contribution in [1.29, 1.82) is 0 Å². The van der Waals surface area contributed by atoms with Gasteiger partial charge in [-0.15, -0.1) is 13.2 Å². The quantitative estimate of drug-likeness (QED) is 0.589. The molecule has 0 unspecified atom stereocenters. The summed E-state index contributed by atoms with van der Waals surface area (Å²) in [6.07, 6.45) is -9.31. The highest BCUT2D eigenvalue weighted by Gasteiger charge is 2.32. The van der Waals surface area contributed by atoms with Crippen LogP contribution in [0.15, 0.2) is 53.1 Å². The van der Waals surface area contributed by atoms with Gasteiger partial charge in [0.2, 0.25) is 11.7 Å². The van der Waals surface area contributed by atoms with E-state index in [9.17, 15) is 26.3 Å². The van der Waals surface area contributed by atoms with Gasteiger partial charge < -0.3 is 14.6 Å². The van der Waals surface area contributed by atoms with Crippen molar-refractivity contribution in [3.63, 3.8) is 0 Å². The lowest BCUT2D eigenvalue weighted by Crippen LogP contribution is -2.18. The molecule has 28 heavy (non-hydrogen) atoms. The number of ether oxygens (including phenoxy) is 1. The van der Waals surface area contributed by atoms with Gasteiger partial charge in [-0.25, -0.2) is 0 Å². The van der Waals surface area contributed by atoms with Crippen LogP contribution in [0.1, 0.15) is 11.5 Å². The van der Waals surface area contributed by atoms with Gasteiger partial charge in [0.25, 0.3) is 0 Å². The molecule has 0 atom stereocenters. The zero-order chi connectivity index (χ0) is 20.4. The fraction of sp³-hybridized carbons (Fsp3) is 0.176. The summed E-state index contributed by atoms with van der Waals surface area (Å²) in [6.45, 7) is -0.119. The van der Waals surface area contributed by atoms with E-state index in [0.717, 1.165) is 18.2 Å². The second-order valence-corrected chi connectivity index (χ2v) is 5.48. The van der Waals surface area contributed by atoms with Crippen LogP contribution in [-0.4, -0.2) is 16.5 Å². The predicted octanol–water partition coefficient (Wildman–Crippen LogP) is 5.27. The van der Waals surface area contributed by atoms with Crippen LogP contribution in [0, 0.1) is 0 Å². The van der Waals surface area contributed by atoms with Crippen LogP contribution in [-0.2, 0) is 12.7 Å². The molecular weight excluding hydrogens is 392 g/mol. The molecule has 0 fully saturated rings. The Hall–Kier alpha value is -3.24. The molecule has 0 spiro atoms. The average Bonchev–Trinajstić information content (AvgIpc) is 3.08. The summed E-state index contributed by atoms with van der Waals surface area (Å²) in [6, 6.07) is 9.54. The number of aromatic nitrogens is 2. The van der Waals surface area contributed by atoms with Gasteiger partial charge in [0, 0.05) is 5.56 Å². The number of benzene rings is 2. The monoisotopic (exact) mass is 403 g/mol. The second kappa shape index (κ2) is 7.41. The summed E-state index contributed by atoms with van der Waals surface area (Å²) >= 11 is 0.